The highest BCUT2D eigenvalue weighted by molar-refractivity contribution is 7.09. The molecule has 1 aromatic rings. The van der Waals surface area contributed by atoms with Crippen LogP contribution in [0.4, 0.5) is 0 Å². The topological polar surface area (TPSA) is 117 Å². The molecule has 0 radical (unpaired) electrons. The second kappa shape index (κ2) is 13.6. The molecule has 1 aromatic heterocycles. The molecule has 0 unspecified atom stereocenters. The van der Waals surface area contributed by atoms with Gasteiger partial charge in [-0.2, -0.15) is 0 Å². The maximum absolute atomic E-state index is 13.4. The van der Waals surface area contributed by atoms with E-state index in [1.54, 1.807) is 13.8 Å². The van der Waals surface area contributed by atoms with Crippen molar-refractivity contribution in [1.82, 2.24) is 4.98 Å². The van der Waals surface area contributed by atoms with E-state index in [1.807, 2.05) is 39.2 Å². The molecule has 2 rings (SSSR count). The smallest absolute Gasteiger partial charge is 0.309 e. The number of carbonyl (C=O) groups is 2. The van der Waals surface area contributed by atoms with Gasteiger partial charge in [-0.05, 0) is 57.1 Å². The van der Waals surface area contributed by atoms with Crippen molar-refractivity contribution >= 4 is 29.2 Å². The summed E-state index contributed by atoms with van der Waals surface area (Å²) >= 11 is 1.36. The summed E-state index contributed by atoms with van der Waals surface area (Å²) < 4.78 is 5.81. The van der Waals surface area contributed by atoms with Crippen LogP contribution >= 0.6 is 11.3 Å². The highest BCUT2D eigenvalue weighted by Crippen LogP contribution is 2.34. The number of hydrogen-bond donors (Lipinski definition) is 3. The van der Waals surface area contributed by atoms with Crippen molar-refractivity contribution in [2.45, 2.75) is 105 Å². The molecule has 0 fully saturated rings. The van der Waals surface area contributed by atoms with Crippen LogP contribution in [0.15, 0.2) is 22.6 Å². The van der Waals surface area contributed by atoms with Crippen molar-refractivity contribution in [3.63, 3.8) is 0 Å². The van der Waals surface area contributed by atoms with Crippen LogP contribution in [0.25, 0.3) is 6.08 Å². The third-order valence-electron chi connectivity index (χ3n) is 7.37. The fourth-order valence-corrected chi connectivity index (χ4v) is 5.25. The number of aliphatic hydroxyl groups is 3. The van der Waals surface area contributed by atoms with E-state index < -0.39 is 35.6 Å². The molecule has 1 aliphatic rings. The Balaban J connectivity index is 2.35. The molecule has 8 heteroatoms. The molecule has 202 valence electrons. The predicted molar refractivity (Wildman–Crippen MR) is 142 cm³/mol. The molecule has 0 bridgehead atoms. The number of allylic oxidation sites excluding steroid dienone is 1. The van der Waals surface area contributed by atoms with Crippen molar-refractivity contribution in [2.75, 3.05) is 0 Å². The van der Waals surface area contributed by atoms with Crippen molar-refractivity contribution in [1.29, 1.82) is 0 Å². The van der Waals surface area contributed by atoms with E-state index in [-0.39, 0.29) is 24.7 Å². The lowest BCUT2D eigenvalue weighted by atomic mass is 9.71. The number of rotatable bonds is 4. The largest absolute Gasteiger partial charge is 0.457 e. The zero-order chi connectivity index (χ0) is 27.0. The monoisotopic (exact) mass is 521 g/mol. The van der Waals surface area contributed by atoms with Crippen LogP contribution in [0.2, 0.25) is 0 Å². The van der Waals surface area contributed by atoms with Gasteiger partial charge in [0.1, 0.15) is 16.9 Å². The maximum atomic E-state index is 13.4. The number of hydrogen-bond acceptors (Lipinski definition) is 8. The number of esters is 1. The van der Waals surface area contributed by atoms with Gasteiger partial charge in [-0.3, -0.25) is 9.59 Å². The van der Waals surface area contributed by atoms with Crippen molar-refractivity contribution in [3.8, 4) is 0 Å². The van der Waals surface area contributed by atoms with E-state index in [0.29, 0.717) is 23.5 Å². The van der Waals surface area contributed by atoms with Crippen LogP contribution in [0.1, 0.15) is 90.8 Å². The van der Waals surface area contributed by atoms with Crippen LogP contribution in [0, 0.1) is 17.3 Å². The molecule has 0 aliphatic carbocycles. The van der Waals surface area contributed by atoms with E-state index in [0.717, 1.165) is 30.4 Å². The molecule has 7 nitrogen and oxygen atoms in total. The van der Waals surface area contributed by atoms with E-state index in [1.165, 1.54) is 11.3 Å². The van der Waals surface area contributed by atoms with Gasteiger partial charge in [-0.25, -0.2) is 4.98 Å². The highest BCUT2D eigenvalue weighted by Gasteiger charge is 2.43. The first kappa shape index (κ1) is 30.4. The fraction of sp³-hybridized carbons (Fsp3) is 0.679. The first-order valence-corrected chi connectivity index (χ1v) is 13.8. The molecule has 3 N–H and O–H groups in total. The van der Waals surface area contributed by atoms with Gasteiger partial charge in [-0.15, -0.1) is 11.3 Å². The molecular weight excluding hydrogens is 478 g/mol. The summed E-state index contributed by atoms with van der Waals surface area (Å²) in [6, 6.07) is 0. The number of nitrogens with zero attached hydrogens (tertiary/aromatic N) is 1. The SMILES string of the molecule is CC[C@H]1C(=O)C(C)(C)[C@@H](O)CC(=O)O[C@H](C(C)=Cc2csc(CO)n2)CC=C(C)CCC[C@H](C)[C@@H]1O. The molecule has 5 atom stereocenters. The van der Waals surface area contributed by atoms with Gasteiger partial charge in [-0.1, -0.05) is 39.3 Å². The third kappa shape index (κ3) is 8.07. The second-order valence-electron chi connectivity index (χ2n) is 10.7. The first-order valence-electron chi connectivity index (χ1n) is 12.9. The van der Waals surface area contributed by atoms with Gasteiger partial charge in [0.15, 0.2) is 0 Å². The second-order valence-corrected chi connectivity index (χ2v) is 11.6. The lowest BCUT2D eigenvalue weighted by molar-refractivity contribution is -0.154. The standard InChI is InChI=1S/C28H43NO6S/c1-7-21-26(33)18(3)10-8-9-17(2)11-12-22(19(4)13-20-16-36-24(15-30)29-20)35-25(32)14-23(31)28(5,6)27(21)34/h11,13,16,18,21-23,26,30-31,33H,7-10,12,14-15H2,1-6H3/t18-,21+,22-,23-,26-/m0/s1. The van der Waals surface area contributed by atoms with Crippen LogP contribution in [0.3, 0.4) is 0 Å². The first-order chi connectivity index (χ1) is 16.9. The van der Waals surface area contributed by atoms with Gasteiger partial charge < -0.3 is 20.1 Å². The molecule has 0 saturated carbocycles. The Morgan fingerprint density at radius 3 is 2.61 bits per heavy atom. The van der Waals surface area contributed by atoms with Crippen LogP contribution < -0.4 is 0 Å². The zero-order valence-corrected chi connectivity index (χ0v) is 23.3. The Morgan fingerprint density at radius 2 is 2.00 bits per heavy atom. The molecule has 2 heterocycles. The van der Waals surface area contributed by atoms with Crippen molar-refractivity contribution in [3.05, 3.63) is 33.3 Å². The number of Topliss-reactive ketones (excluding diaryl/α,β-unsaturated/α-hetero) is 1. The predicted octanol–water partition coefficient (Wildman–Crippen LogP) is 4.84. The normalized spacial score (nSPS) is 29.5. The Morgan fingerprint density at radius 1 is 1.31 bits per heavy atom. The van der Waals surface area contributed by atoms with E-state index in [4.69, 9.17) is 4.74 Å². The van der Waals surface area contributed by atoms with Gasteiger partial charge in [0.05, 0.1) is 36.3 Å². The van der Waals surface area contributed by atoms with E-state index in [2.05, 4.69) is 11.1 Å². The third-order valence-corrected chi connectivity index (χ3v) is 8.22. The summed E-state index contributed by atoms with van der Waals surface area (Å²) in [6.07, 6.45) is 4.45. The fourth-order valence-electron chi connectivity index (χ4n) is 4.64. The summed E-state index contributed by atoms with van der Waals surface area (Å²) in [5.74, 6) is -1.48. The molecule has 1 aliphatic heterocycles. The van der Waals surface area contributed by atoms with Gasteiger partial charge >= 0.3 is 5.97 Å². The summed E-state index contributed by atoms with van der Waals surface area (Å²) in [5, 5.41) is 33.6. The number of thiazole rings is 1. The lowest BCUT2D eigenvalue weighted by Gasteiger charge is -2.35. The quantitative estimate of drug-likeness (QED) is 0.383. The average Bonchev–Trinajstić information content (AvgIpc) is 3.28. The van der Waals surface area contributed by atoms with Gasteiger partial charge in [0.2, 0.25) is 0 Å². The molecule has 0 saturated heterocycles. The molecule has 0 amide bonds. The number of ketones is 1. The lowest BCUT2D eigenvalue weighted by Crippen LogP contribution is -2.46. The maximum Gasteiger partial charge on any atom is 0.309 e. The zero-order valence-electron chi connectivity index (χ0n) is 22.5. The average molecular weight is 522 g/mol. The van der Waals surface area contributed by atoms with E-state index in [9.17, 15) is 24.9 Å². The number of carbonyl (C=O) groups excluding carboxylic acids is 2. The van der Waals surface area contributed by atoms with E-state index >= 15 is 0 Å². The molecule has 0 spiro atoms. The summed E-state index contributed by atoms with van der Waals surface area (Å²) in [5.41, 5.74) is 1.44. The summed E-state index contributed by atoms with van der Waals surface area (Å²) in [4.78, 5) is 30.7. The highest BCUT2D eigenvalue weighted by atomic mass is 32.1. The van der Waals surface area contributed by atoms with Gasteiger partial charge in [0.25, 0.3) is 0 Å². The van der Waals surface area contributed by atoms with Crippen LogP contribution in [-0.2, 0) is 20.9 Å². The van der Waals surface area contributed by atoms with Crippen LogP contribution in [-0.4, -0.2) is 50.4 Å². The molecule has 0 aromatic carbocycles. The Bertz CT molecular complexity index is 950. The number of cyclic esters (lactones) is 1. The summed E-state index contributed by atoms with van der Waals surface area (Å²) in [6.45, 7) is 10.9. The number of aromatic nitrogens is 1. The van der Waals surface area contributed by atoms with Crippen molar-refractivity contribution < 1.29 is 29.6 Å². The Labute approximate surface area is 219 Å². The molecular formula is C28H43NO6S. The number of ether oxygens (including phenoxy) is 1. The van der Waals surface area contributed by atoms with Crippen molar-refractivity contribution in [2.24, 2.45) is 17.3 Å². The minimum Gasteiger partial charge on any atom is -0.457 e. The summed E-state index contributed by atoms with van der Waals surface area (Å²) in [7, 11) is 0. The minimum absolute atomic E-state index is 0.0580. The number of aliphatic hydroxyl groups excluding tert-OH is 3. The van der Waals surface area contributed by atoms with Crippen LogP contribution in [0.5, 0.6) is 0 Å². The minimum atomic E-state index is -1.24. The molecule has 36 heavy (non-hydrogen) atoms. The van der Waals surface area contributed by atoms with Gasteiger partial charge in [0, 0.05) is 17.7 Å². The Kier molecular flexibility index (Phi) is 11.5. The Hall–Kier alpha value is -1.87.